The fourth-order valence-corrected chi connectivity index (χ4v) is 1.22. The summed E-state index contributed by atoms with van der Waals surface area (Å²) in [7, 11) is 0. The van der Waals surface area contributed by atoms with Crippen LogP contribution in [0.5, 0.6) is 0 Å². The molecule has 0 aliphatic rings. The zero-order chi connectivity index (χ0) is 9.94. The number of hydrogen-bond donors (Lipinski definition) is 2. The molecule has 1 atom stereocenters. The third kappa shape index (κ3) is 9.57. The highest BCUT2D eigenvalue weighted by atomic mass is 15.0. The molecule has 0 bridgehead atoms. The molecule has 0 spiro atoms. The van der Waals surface area contributed by atoms with Gasteiger partial charge in [-0.1, -0.05) is 25.8 Å². The standard InChI is InChI=1S/C11H24N2/c1-4-6-7-11(3)13-10-9-12-8-5-2/h5,11-13H,2,4,6-10H2,1,3H3. The van der Waals surface area contributed by atoms with Crippen LogP contribution in [0.25, 0.3) is 0 Å². The van der Waals surface area contributed by atoms with Crippen LogP contribution in [0.3, 0.4) is 0 Å². The Kier molecular flexibility index (Phi) is 9.49. The minimum Gasteiger partial charge on any atom is -0.313 e. The van der Waals surface area contributed by atoms with Gasteiger partial charge in [-0.15, -0.1) is 6.58 Å². The highest BCUT2D eigenvalue weighted by Crippen LogP contribution is 1.98. The van der Waals surface area contributed by atoms with Crippen molar-refractivity contribution in [1.29, 1.82) is 0 Å². The van der Waals surface area contributed by atoms with Gasteiger partial charge >= 0.3 is 0 Å². The van der Waals surface area contributed by atoms with Crippen LogP contribution in [0.2, 0.25) is 0 Å². The van der Waals surface area contributed by atoms with Crippen molar-refractivity contribution in [3.05, 3.63) is 12.7 Å². The van der Waals surface area contributed by atoms with Crippen molar-refractivity contribution < 1.29 is 0 Å². The van der Waals surface area contributed by atoms with E-state index in [1.165, 1.54) is 19.3 Å². The first-order valence-electron chi connectivity index (χ1n) is 5.36. The van der Waals surface area contributed by atoms with Gasteiger partial charge in [0.25, 0.3) is 0 Å². The highest BCUT2D eigenvalue weighted by Gasteiger charge is 1.98. The van der Waals surface area contributed by atoms with Crippen molar-refractivity contribution in [2.45, 2.75) is 39.2 Å². The number of unbranched alkanes of at least 4 members (excludes halogenated alkanes) is 1. The highest BCUT2D eigenvalue weighted by molar-refractivity contribution is 4.70. The fourth-order valence-electron chi connectivity index (χ4n) is 1.22. The van der Waals surface area contributed by atoms with E-state index in [2.05, 4.69) is 31.1 Å². The molecule has 2 heteroatoms. The summed E-state index contributed by atoms with van der Waals surface area (Å²) in [6, 6.07) is 0.658. The Balaban J connectivity index is 3.07. The molecule has 0 aromatic carbocycles. The van der Waals surface area contributed by atoms with Gasteiger partial charge in [0.1, 0.15) is 0 Å². The Morgan fingerprint density at radius 2 is 2.15 bits per heavy atom. The van der Waals surface area contributed by atoms with E-state index in [9.17, 15) is 0 Å². The van der Waals surface area contributed by atoms with Gasteiger partial charge in [0.15, 0.2) is 0 Å². The van der Waals surface area contributed by atoms with E-state index < -0.39 is 0 Å². The maximum absolute atomic E-state index is 3.65. The predicted molar refractivity (Wildman–Crippen MR) is 60.1 cm³/mol. The van der Waals surface area contributed by atoms with E-state index in [1.807, 2.05) is 6.08 Å². The maximum Gasteiger partial charge on any atom is 0.0132 e. The lowest BCUT2D eigenvalue weighted by molar-refractivity contribution is 0.490. The molecule has 0 rings (SSSR count). The Bertz CT molecular complexity index is 113. The first-order valence-corrected chi connectivity index (χ1v) is 5.36. The van der Waals surface area contributed by atoms with Crippen molar-refractivity contribution in [2.24, 2.45) is 0 Å². The first kappa shape index (κ1) is 12.7. The van der Waals surface area contributed by atoms with Gasteiger partial charge in [0, 0.05) is 25.7 Å². The number of hydrogen-bond acceptors (Lipinski definition) is 2. The Morgan fingerprint density at radius 1 is 1.38 bits per heavy atom. The monoisotopic (exact) mass is 184 g/mol. The van der Waals surface area contributed by atoms with Crippen molar-refractivity contribution in [1.82, 2.24) is 10.6 Å². The molecular formula is C11H24N2. The first-order chi connectivity index (χ1) is 6.31. The molecule has 78 valence electrons. The summed E-state index contributed by atoms with van der Waals surface area (Å²) in [5.74, 6) is 0. The molecule has 2 N–H and O–H groups in total. The zero-order valence-corrected chi connectivity index (χ0v) is 9.10. The van der Waals surface area contributed by atoms with E-state index in [-0.39, 0.29) is 0 Å². The SMILES string of the molecule is C=CCNCCNC(C)CCCC. The summed E-state index contributed by atoms with van der Waals surface area (Å²) in [6.45, 7) is 11.1. The molecule has 1 unspecified atom stereocenters. The van der Waals surface area contributed by atoms with Gasteiger partial charge in [-0.3, -0.25) is 0 Å². The Morgan fingerprint density at radius 3 is 2.77 bits per heavy atom. The van der Waals surface area contributed by atoms with Crippen molar-refractivity contribution in [3.63, 3.8) is 0 Å². The molecule has 0 amide bonds. The molecule has 0 radical (unpaired) electrons. The van der Waals surface area contributed by atoms with Crippen LogP contribution in [0.15, 0.2) is 12.7 Å². The second-order valence-electron chi connectivity index (χ2n) is 3.49. The smallest absolute Gasteiger partial charge is 0.0132 e. The Labute approximate surface area is 82.8 Å². The summed E-state index contributed by atoms with van der Waals surface area (Å²) >= 11 is 0. The normalized spacial score (nSPS) is 12.8. The predicted octanol–water partition coefficient (Wildman–Crippen LogP) is 1.93. The van der Waals surface area contributed by atoms with Gasteiger partial charge in [-0.25, -0.2) is 0 Å². The second-order valence-corrected chi connectivity index (χ2v) is 3.49. The molecule has 0 aliphatic heterocycles. The Hall–Kier alpha value is -0.340. The quantitative estimate of drug-likeness (QED) is 0.422. The topological polar surface area (TPSA) is 24.1 Å². The van der Waals surface area contributed by atoms with Crippen LogP contribution in [0.4, 0.5) is 0 Å². The van der Waals surface area contributed by atoms with E-state index in [4.69, 9.17) is 0 Å². The third-order valence-corrected chi connectivity index (χ3v) is 2.07. The molecule has 0 saturated heterocycles. The van der Waals surface area contributed by atoms with E-state index >= 15 is 0 Å². The molecule has 2 nitrogen and oxygen atoms in total. The summed E-state index contributed by atoms with van der Waals surface area (Å²) in [6.07, 6.45) is 5.80. The zero-order valence-electron chi connectivity index (χ0n) is 9.10. The lowest BCUT2D eigenvalue weighted by Gasteiger charge is -2.12. The van der Waals surface area contributed by atoms with Crippen LogP contribution in [0.1, 0.15) is 33.1 Å². The van der Waals surface area contributed by atoms with Gasteiger partial charge in [-0.2, -0.15) is 0 Å². The molecule has 0 saturated carbocycles. The molecule has 0 aliphatic carbocycles. The molecule has 0 aromatic rings. The molecule has 13 heavy (non-hydrogen) atoms. The van der Waals surface area contributed by atoms with Gasteiger partial charge in [0.2, 0.25) is 0 Å². The number of rotatable bonds is 9. The van der Waals surface area contributed by atoms with Gasteiger partial charge < -0.3 is 10.6 Å². The van der Waals surface area contributed by atoms with Crippen LogP contribution < -0.4 is 10.6 Å². The lowest BCUT2D eigenvalue weighted by atomic mass is 10.1. The average Bonchev–Trinajstić information content (AvgIpc) is 2.14. The van der Waals surface area contributed by atoms with Crippen molar-refractivity contribution in [3.8, 4) is 0 Å². The van der Waals surface area contributed by atoms with Crippen LogP contribution in [-0.2, 0) is 0 Å². The molecule has 0 aromatic heterocycles. The lowest BCUT2D eigenvalue weighted by Crippen LogP contribution is -2.33. The number of nitrogens with one attached hydrogen (secondary N) is 2. The molecular weight excluding hydrogens is 160 g/mol. The maximum atomic E-state index is 3.65. The minimum atomic E-state index is 0.658. The average molecular weight is 184 g/mol. The van der Waals surface area contributed by atoms with Crippen LogP contribution in [0, 0.1) is 0 Å². The summed E-state index contributed by atoms with van der Waals surface area (Å²) in [4.78, 5) is 0. The summed E-state index contributed by atoms with van der Waals surface area (Å²) < 4.78 is 0. The minimum absolute atomic E-state index is 0.658. The molecule has 0 fully saturated rings. The van der Waals surface area contributed by atoms with Gasteiger partial charge in [-0.05, 0) is 13.3 Å². The summed E-state index contributed by atoms with van der Waals surface area (Å²) in [5, 5.41) is 6.75. The van der Waals surface area contributed by atoms with E-state index in [0.29, 0.717) is 6.04 Å². The van der Waals surface area contributed by atoms with Gasteiger partial charge in [0.05, 0.1) is 0 Å². The third-order valence-electron chi connectivity index (χ3n) is 2.07. The largest absolute Gasteiger partial charge is 0.313 e. The summed E-state index contributed by atoms with van der Waals surface area (Å²) in [5.41, 5.74) is 0. The van der Waals surface area contributed by atoms with Crippen LogP contribution >= 0.6 is 0 Å². The fraction of sp³-hybridized carbons (Fsp3) is 0.818. The molecule has 0 heterocycles. The van der Waals surface area contributed by atoms with E-state index in [0.717, 1.165) is 19.6 Å². The van der Waals surface area contributed by atoms with Crippen molar-refractivity contribution in [2.75, 3.05) is 19.6 Å². The van der Waals surface area contributed by atoms with E-state index in [1.54, 1.807) is 0 Å². The van der Waals surface area contributed by atoms with Crippen LogP contribution in [-0.4, -0.2) is 25.7 Å². The second kappa shape index (κ2) is 9.75. The van der Waals surface area contributed by atoms with Crippen molar-refractivity contribution >= 4 is 0 Å².